The normalized spacial score (nSPS) is 10.2. The molecule has 17 heteroatoms. The fourth-order valence-electron chi connectivity index (χ4n) is 0. The molecule has 0 N–H and O–H groups in total. The average Bonchev–Trinajstić information content (AvgIpc) is 1.41. The summed E-state index contributed by atoms with van der Waals surface area (Å²) in [6.07, 6.45) is 0. The maximum atomic E-state index is 8.65. The number of hydrogen-bond donors (Lipinski definition) is 0. The van der Waals surface area contributed by atoms with Gasteiger partial charge in [0, 0.05) is 0 Å². The van der Waals surface area contributed by atoms with E-state index in [1.54, 1.807) is 0 Å². The van der Waals surface area contributed by atoms with Crippen molar-refractivity contribution in [2.45, 2.75) is 0 Å². The molecule has 0 saturated carbocycles. The molecule has 12 nitrogen and oxygen atoms in total. The van der Waals surface area contributed by atoms with Crippen LogP contribution in [0.25, 0.3) is 0 Å². The van der Waals surface area contributed by atoms with Crippen LogP contribution in [0.4, 0.5) is 0 Å². The average molecular weight is 1040 g/mol. The predicted molar refractivity (Wildman–Crippen MR) is 4.12 cm³/mol. The third-order valence-electron chi connectivity index (χ3n) is 0. The summed E-state index contributed by atoms with van der Waals surface area (Å²) in [7, 11) is 0. The van der Waals surface area contributed by atoms with Gasteiger partial charge >= 0.3 is 174 Å². The first-order chi connectivity index (χ1) is 6.00. The van der Waals surface area contributed by atoms with Gasteiger partial charge in [0.1, 0.15) is 0 Å². The molecule has 0 fully saturated rings. The molecule has 17 heavy (non-hydrogen) atoms. The van der Waals surface area contributed by atoms with E-state index >= 15 is 0 Å². The molecule has 0 atom stereocenters. The standard InChI is InChI=1S/12O.2Sm.3W/q;;;;;;6*-1;2*+3;;;. The van der Waals surface area contributed by atoms with Crippen molar-refractivity contribution in [3.63, 3.8) is 0 Å². The maximum absolute atomic E-state index is 8.65. The van der Waals surface area contributed by atoms with Gasteiger partial charge in [-0.3, -0.25) is 0 Å². The maximum Gasteiger partial charge on any atom is 3.00 e. The van der Waals surface area contributed by atoms with Crippen molar-refractivity contribution in [3.8, 4) is 0 Å². The fourth-order valence-corrected chi connectivity index (χ4v) is 0. The third kappa shape index (κ3) is 530. The van der Waals surface area contributed by atoms with Gasteiger partial charge in [-0.15, -0.1) is 0 Å². The zero-order valence-electron chi connectivity index (χ0n) is 6.94. The Hall–Kier alpha value is 3.30. The van der Waals surface area contributed by atoms with Crippen molar-refractivity contribution in [2.75, 3.05) is 0 Å². The van der Waals surface area contributed by atoms with E-state index in [1.165, 1.54) is 0 Å². The molecule has 0 aromatic carbocycles. The van der Waals surface area contributed by atoms with Crippen LogP contribution in [0.2, 0.25) is 0 Å². The molecule has 0 rings (SSSR count). The van der Waals surface area contributed by atoms with Crippen molar-refractivity contribution < 1.29 is 174 Å². The summed E-state index contributed by atoms with van der Waals surface area (Å²) in [5, 5.41) is 0. The molecule has 0 amide bonds. The molecule has 0 saturated heterocycles. The quantitative estimate of drug-likeness (QED) is 0.220. The van der Waals surface area contributed by atoms with Crippen LogP contribution in [-0.4, -0.2) is 0 Å². The number of hydrogen-bond acceptors (Lipinski definition) is 12. The first-order valence-electron chi connectivity index (χ1n) is 2.00. The van der Waals surface area contributed by atoms with Gasteiger partial charge in [0.15, 0.2) is 0 Å². The van der Waals surface area contributed by atoms with Crippen molar-refractivity contribution >= 4 is 0 Å². The summed E-state index contributed by atoms with van der Waals surface area (Å²) in [6.45, 7) is 0. The summed E-state index contributed by atoms with van der Waals surface area (Å²) >= 11 is -18.5. The number of rotatable bonds is 0. The minimum Gasteiger partial charge on any atom is 3.00 e. The van der Waals surface area contributed by atoms with Crippen LogP contribution >= 0.6 is 0 Å². The summed E-state index contributed by atoms with van der Waals surface area (Å²) < 4.78 is 104. The zero-order valence-corrected chi connectivity index (χ0v) is 21.0. The molecule has 0 aliphatic carbocycles. The molecule has 102 valence electrons. The first-order valence-corrected chi connectivity index (χ1v) is 16.4. The summed E-state index contributed by atoms with van der Waals surface area (Å²) in [4.78, 5) is 0. The Morgan fingerprint density at radius 1 is 0.412 bits per heavy atom. The monoisotopic (exact) mass is 1050 g/mol. The van der Waals surface area contributed by atoms with Gasteiger partial charge in [-0.1, -0.05) is 0 Å². The van der Waals surface area contributed by atoms with Crippen molar-refractivity contribution in [1.82, 2.24) is 0 Å². The summed E-state index contributed by atoms with van der Waals surface area (Å²) in [5.41, 5.74) is 0. The zero-order chi connectivity index (χ0) is 13.5. The van der Waals surface area contributed by atoms with Gasteiger partial charge in [0.25, 0.3) is 0 Å². The Labute approximate surface area is 170 Å². The van der Waals surface area contributed by atoms with Crippen molar-refractivity contribution in [1.29, 1.82) is 0 Å². The minimum atomic E-state index is -6.17. The van der Waals surface area contributed by atoms with Gasteiger partial charge in [0.2, 0.25) is 0 Å². The van der Waals surface area contributed by atoms with E-state index in [-0.39, 0.29) is 80.8 Å². The molecule has 0 aliphatic rings. The van der Waals surface area contributed by atoms with Crippen LogP contribution < -0.4 is 22.6 Å². The molecule has 0 bridgehead atoms. The molecule has 0 unspecified atom stereocenters. The molecule has 0 heterocycles. The minimum absolute atomic E-state index is 0. The largest absolute Gasteiger partial charge is 3.00 e. The summed E-state index contributed by atoms with van der Waals surface area (Å²) in [5.74, 6) is 0. The molecule has 2 radical (unpaired) electrons. The van der Waals surface area contributed by atoms with Gasteiger partial charge < -0.3 is 0 Å². The smallest absolute Gasteiger partial charge is 3.00 e. The van der Waals surface area contributed by atoms with Gasteiger partial charge in [-0.25, -0.2) is 0 Å². The SMILES string of the molecule is [O]=[W](=[O])([O-])[O-].[O]=[W](=[O])([O-])[O-].[O]=[W](=[O])([O-])[O-].[Sm+3].[Sm+3]. The fraction of sp³-hybridized carbons (Fsp3) is 0. The van der Waals surface area contributed by atoms with E-state index in [9.17, 15) is 0 Å². The van der Waals surface area contributed by atoms with Gasteiger partial charge in [-0.05, 0) is 0 Å². The van der Waals surface area contributed by atoms with Crippen LogP contribution in [0.15, 0.2) is 0 Å². The first kappa shape index (κ1) is 32.3. The topological polar surface area (TPSA) is 241 Å². The van der Waals surface area contributed by atoms with E-state index in [0.717, 1.165) is 0 Å². The Morgan fingerprint density at radius 3 is 0.412 bits per heavy atom. The molecule has 0 spiro atoms. The van der Waals surface area contributed by atoms with Crippen LogP contribution in [0.1, 0.15) is 0 Å². The van der Waals surface area contributed by atoms with Crippen molar-refractivity contribution in [3.05, 3.63) is 0 Å². The molecule has 0 aliphatic heterocycles. The molecular formula is O12Sm2W3. The van der Waals surface area contributed by atoms with E-state index in [1.807, 2.05) is 0 Å². The second-order valence-corrected chi connectivity index (χ2v) is 10.0. The third-order valence-corrected chi connectivity index (χ3v) is 0. The van der Waals surface area contributed by atoms with Crippen LogP contribution in [0, 0.1) is 80.8 Å². The Morgan fingerprint density at radius 2 is 0.412 bits per heavy atom. The van der Waals surface area contributed by atoms with Crippen LogP contribution in [0.5, 0.6) is 0 Å². The van der Waals surface area contributed by atoms with Crippen molar-refractivity contribution in [2.24, 2.45) is 0 Å². The van der Waals surface area contributed by atoms with Crippen LogP contribution in [0.3, 0.4) is 0 Å². The second-order valence-electron chi connectivity index (χ2n) is 1.22. The molecule has 0 aromatic rings. The van der Waals surface area contributed by atoms with E-state index < -0.39 is 50.2 Å². The second kappa shape index (κ2) is 14.2. The van der Waals surface area contributed by atoms with E-state index in [0.29, 0.717) is 0 Å². The van der Waals surface area contributed by atoms with Crippen LogP contribution in [-0.2, 0) is 70.6 Å². The van der Waals surface area contributed by atoms with Gasteiger partial charge in [-0.2, -0.15) is 0 Å². The Bertz CT molecular complexity index is 341. The van der Waals surface area contributed by atoms with Gasteiger partial charge in [0.05, 0.1) is 0 Å². The van der Waals surface area contributed by atoms with E-state index in [2.05, 4.69) is 0 Å². The molecular weight excluding hydrogens is 1040 g/mol. The van der Waals surface area contributed by atoms with E-state index in [4.69, 9.17) is 42.9 Å². The predicted octanol–water partition coefficient (Wildman–Crippen LogP) is -7.85. The molecule has 0 aromatic heterocycles. The summed E-state index contributed by atoms with van der Waals surface area (Å²) in [6, 6.07) is 0. The Kier molecular flexibility index (Phi) is 27.1. The Balaban J connectivity index is -0.0000000400.